The molecule has 4 heterocycles. The van der Waals surface area contributed by atoms with Crippen LogP contribution in [0, 0.1) is 5.82 Å². The van der Waals surface area contributed by atoms with Crippen LogP contribution < -0.4 is 10.5 Å². The van der Waals surface area contributed by atoms with E-state index in [1.54, 1.807) is 12.1 Å². The van der Waals surface area contributed by atoms with Crippen LogP contribution in [0.3, 0.4) is 0 Å². The molecule has 3 aromatic heterocycles. The molecule has 8 nitrogen and oxygen atoms in total. The summed E-state index contributed by atoms with van der Waals surface area (Å²) in [6, 6.07) is 6.68. The summed E-state index contributed by atoms with van der Waals surface area (Å²) in [5.74, 6) is -0.450. The number of benzene rings is 1. The third-order valence-corrected chi connectivity index (χ3v) is 6.23. The largest absolute Gasteiger partial charge is 0.487 e. The molecule has 1 aromatic carbocycles. The summed E-state index contributed by atoms with van der Waals surface area (Å²) < 4.78 is 63.7. The van der Waals surface area contributed by atoms with Crippen molar-refractivity contribution in [1.82, 2.24) is 24.5 Å². The van der Waals surface area contributed by atoms with Gasteiger partial charge in [0.15, 0.2) is 23.0 Å². The Balaban J connectivity index is 1.54. The van der Waals surface area contributed by atoms with E-state index in [-0.39, 0.29) is 42.9 Å². The second kappa shape index (κ2) is 9.19. The van der Waals surface area contributed by atoms with Crippen molar-refractivity contribution in [3.8, 4) is 17.3 Å². The molecule has 2 unspecified atom stereocenters. The maximum Gasteiger partial charge on any atom is 0.408 e. The molecule has 1 saturated heterocycles. The van der Waals surface area contributed by atoms with Crippen molar-refractivity contribution in [3.63, 3.8) is 0 Å². The highest BCUT2D eigenvalue weighted by Gasteiger charge is 2.46. The minimum absolute atomic E-state index is 0.0420. The van der Waals surface area contributed by atoms with E-state index in [1.807, 2.05) is 0 Å². The summed E-state index contributed by atoms with van der Waals surface area (Å²) in [6.07, 6.45) is -2.63. The van der Waals surface area contributed by atoms with Gasteiger partial charge >= 0.3 is 6.18 Å². The normalized spacial score (nSPS) is 18.1. The van der Waals surface area contributed by atoms with E-state index < -0.39 is 23.6 Å². The van der Waals surface area contributed by atoms with Crippen LogP contribution in [0.5, 0.6) is 5.75 Å². The van der Waals surface area contributed by atoms with E-state index in [1.165, 1.54) is 53.6 Å². The Morgan fingerprint density at radius 2 is 1.95 bits per heavy atom. The van der Waals surface area contributed by atoms with Crippen molar-refractivity contribution in [1.29, 1.82) is 0 Å². The number of fused-ring (bicyclic) bond motifs is 2. The first-order valence-electron chi connectivity index (χ1n) is 11.8. The van der Waals surface area contributed by atoms with Gasteiger partial charge in [0.25, 0.3) is 0 Å². The molecule has 0 radical (unpaired) electrons. The second-order valence-electron chi connectivity index (χ2n) is 9.98. The molecule has 0 spiro atoms. The first-order valence-corrected chi connectivity index (χ1v) is 11.8. The average Bonchev–Trinajstić information content (AvgIpc) is 3.42. The van der Waals surface area contributed by atoms with Crippen LogP contribution >= 0.6 is 0 Å². The number of alkyl halides is 3. The Morgan fingerprint density at radius 3 is 2.62 bits per heavy atom. The molecule has 1 fully saturated rings. The molecule has 196 valence electrons. The highest BCUT2D eigenvalue weighted by atomic mass is 19.4. The van der Waals surface area contributed by atoms with E-state index in [2.05, 4.69) is 15.2 Å². The molecule has 37 heavy (non-hydrogen) atoms. The lowest BCUT2D eigenvalue weighted by molar-refractivity contribution is -0.183. The topological polar surface area (TPSA) is 102 Å². The van der Waals surface area contributed by atoms with Crippen molar-refractivity contribution in [2.45, 2.75) is 44.1 Å². The van der Waals surface area contributed by atoms with E-state index in [0.717, 1.165) is 0 Å². The third kappa shape index (κ3) is 5.22. The molecule has 1 aliphatic rings. The number of aliphatic hydroxyl groups is 1. The van der Waals surface area contributed by atoms with Crippen molar-refractivity contribution in [2.24, 2.45) is 5.73 Å². The minimum Gasteiger partial charge on any atom is -0.487 e. The minimum atomic E-state index is -4.50. The summed E-state index contributed by atoms with van der Waals surface area (Å²) in [6.45, 7) is 3.34. The van der Waals surface area contributed by atoms with Crippen LogP contribution in [0.15, 0.2) is 42.6 Å². The molecule has 0 bridgehead atoms. The highest BCUT2D eigenvalue weighted by molar-refractivity contribution is 5.82. The molecular formula is C25H26F4N6O2. The number of hydrogen-bond donors (Lipinski definition) is 2. The molecule has 3 N–H and O–H groups in total. The third-order valence-electron chi connectivity index (χ3n) is 6.23. The predicted octanol–water partition coefficient (Wildman–Crippen LogP) is 3.87. The lowest BCUT2D eigenvalue weighted by Gasteiger charge is -2.30. The van der Waals surface area contributed by atoms with Crippen molar-refractivity contribution in [3.05, 3.63) is 54.0 Å². The number of rotatable bonds is 6. The number of likely N-dealkylation sites (tertiary alicyclic amines) is 1. The second-order valence-corrected chi connectivity index (χ2v) is 9.98. The lowest BCUT2D eigenvalue weighted by atomic mass is 10.1. The highest BCUT2D eigenvalue weighted by Crippen LogP contribution is 2.39. The summed E-state index contributed by atoms with van der Waals surface area (Å²) in [4.78, 5) is 5.88. The van der Waals surface area contributed by atoms with Gasteiger partial charge in [-0.15, -0.1) is 10.2 Å². The Labute approximate surface area is 209 Å². The maximum atomic E-state index is 14.5. The van der Waals surface area contributed by atoms with Gasteiger partial charge in [0.05, 0.1) is 11.1 Å². The zero-order valence-corrected chi connectivity index (χ0v) is 20.2. The van der Waals surface area contributed by atoms with Crippen molar-refractivity contribution >= 4 is 16.6 Å². The predicted molar refractivity (Wildman–Crippen MR) is 128 cm³/mol. The van der Waals surface area contributed by atoms with E-state index in [4.69, 9.17) is 10.5 Å². The van der Waals surface area contributed by atoms with Crippen LogP contribution in [0.1, 0.15) is 31.9 Å². The van der Waals surface area contributed by atoms with E-state index in [9.17, 15) is 22.7 Å². The molecular weight excluding hydrogens is 492 g/mol. The van der Waals surface area contributed by atoms with Crippen molar-refractivity contribution in [2.75, 3.05) is 19.7 Å². The van der Waals surface area contributed by atoms with Crippen molar-refractivity contribution < 1.29 is 27.4 Å². The fourth-order valence-corrected chi connectivity index (χ4v) is 4.51. The van der Waals surface area contributed by atoms with Crippen LogP contribution in [-0.2, 0) is 0 Å². The van der Waals surface area contributed by atoms with Crippen LogP contribution in [0.25, 0.3) is 28.1 Å². The number of nitrogens with zero attached hydrogens (tertiary/aromatic N) is 5. The van der Waals surface area contributed by atoms with Gasteiger partial charge in [-0.1, -0.05) is 12.1 Å². The van der Waals surface area contributed by atoms with Crippen LogP contribution in [0.2, 0.25) is 0 Å². The lowest BCUT2D eigenvalue weighted by Crippen LogP contribution is -2.38. The number of halogens is 4. The Hall–Kier alpha value is -3.35. The smallest absolute Gasteiger partial charge is 0.408 e. The molecule has 0 amide bonds. The number of pyridine rings is 2. The zero-order chi connectivity index (χ0) is 26.5. The van der Waals surface area contributed by atoms with Gasteiger partial charge in [0, 0.05) is 36.8 Å². The molecule has 0 saturated carbocycles. The van der Waals surface area contributed by atoms with E-state index in [0.29, 0.717) is 28.7 Å². The zero-order valence-electron chi connectivity index (χ0n) is 20.2. The van der Waals surface area contributed by atoms with Gasteiger partial charge in [0.1, 0.15) is 18.3 Å². The fraction of sp³-hybridized carbons (Fsp3) is 0.400. The summed E-state index contributed by atoms with van der Waals surface area (Å²) in [5, 5.41) is 18.6. The average molecular weight is 519 g/mol. The molecule has 1 aliphatic heterocycles. The Bertz CT molecular complexity index is 1450. The number of aromatic nitrogens is 4. The van der Waals surface area contributed by atoms with Gasteiger partial charge in [-0.25, -0.2) is 9.37 Å². The van der Waals surface area contributed by atoms with Gasteiger partial charge < -0.3 is 15.6 Å². The maximum absolute atomic E-state index is 14.5. The SMILES string of the molecule is CC(C)(O)COc1cc2nc(-c3nnc4ccc(C(N5CCC(N)C5)C(F)(F)F)cn34)ccc2cc1F. The van der Waals surface area contributed by atoms with Crippen LogP contribution in [0.4, 0.5) is 17.6 Å². The Kier molecular flexibility index (Phi) is 6.29. The molecule has 2 atom stereocenters. The molecule has 4 aromatic rings. The Morgan fingerprint density at radius 1 is 1.16 bits per heavy atom. The summed E-state index contributed by atoms with van der Waals surface area (Å²) >= 11 is 0. The summed E-state index contributed by atoms with van der Waals surface area (Å²) in [5.41, 5.74) is 5.83. The number of nitrogens with two attached hydrogens (primary N) is 1. The molecule has 5 rings (SSSR count). The van der Waals surface area contributed by atoms with Crippen LogP contribution in [-0.4, -0.2) is 67.1 Å². The van der Waals surface area contributed by atoms with Gasteiger partial charge in [-0.05, 0) is 44.0 Å². The number of ether oxygens (including phenoxy) is 1. The summed E-state index contributed by atoms with van der Waals surface area (Å²) in [7, 11) is 0. The first-order chi connectivity index (χ1) is 17.4. The fourth-order valence-electron chi connectivity index (χ4n) is 4.51. The van der Waals surface area contributed by atoms with E-state index >= 15 is 0 Å². The van der Waals surface area contributed by atoms with Gasteiger partial charge in [-0.3, -0.25) is 9.30 Å². The quantitative estimate of drug-likeness (QED) is 0.374. The number of hydrogen-bond acceptors (Lipinski definition) is 7. The van der Waals surface area contributed by atoms with Gasteiger partial charge in [-0.2, -0.15) is 13.2 Å². The van der Waals surface area contributed by atoms with Gasteiger partial charge in [0.2, 0.25) is 0 Å². The first kappa shape index (κ1) is 25.3. The molecule has 0 aliphatic carbocycles. The monoisotopic (exact) mass is 518 g/mol. The molecule has 12 heteroatoms. The standard InChI is InChI=1S/C25H26F4N6O2/c1-24(2,36)13-37-20-10-19-14(9-17(20)26)3-5-18(31-19)23-33-32-21-6-4-15(11-35(21)23)22(25(27,28)29)34-8-7-16(30)12-34/h3-6,9-11,16,22,36H,7-8,12-13,30H2,1-2H3.